The molecule has 0 atom stereocenters. The average molecular weight is 388 g/mol. The Morgan fingerprint density at radius 3 is 2.78 bits per heavy atom. The number of hydrogen-bond acceptors (Lipinski definition) is 7. The number of nitrogens with zero attached hydrogens (tertiary/aromatic N) is 4. The van der Waals surface area contributed by atoms with Gasteiger partial charge >= 0.3 is 0 Å². The third kappa shape index (κ3) is 3.25. The van der Waals surface area contributed by atoms with Gasteiger partial charge in [-0.25, -0.2) is 9.97 Å². The molecule has 2 aliphatic rings. The van der Waals surface area contributed by atoms with Crippen molar-refractivity contribution in [2.45, 2.75) is 37.6 Å². The van der Waals surface area contributed by atoms with Crippen molar-refractivity contribution in [3.8, 4) is 0 Å². The van der Waals surface area contributed by atoms with Crippen LogP contribution in [-0.2, 0) is 18.4 Å². The molecule has 1 spiro atoms. The van der Waals surface area contributed by atoms with Crippen LogP contribution < -0.4 is 11.3 Å². The molecule has 27 heavy (non-hydrogen) atoms. The molecule has 8 nitrogen and oxygen atoms in total. The summed E-state index contributed by atoms with van der Waals surface area (Å²) in [6.45, 7) is 2.03. The lowest BCUT2D eigenvalue weighted by Gasteiger charge is -2.39. The number of amides is 1. The molecule has 0 saturated carbocycles. The molecule has 1 aliphatic carbocycles. The van der Waals surface area contributed by atoms with E-state index in [1.165, 1.54) is 11.3 Å². The van der Waals surface area contributed by atoms with E-state index in [9.17, 15) is 9.59 Å². The minimum Gasteiger partial charge on any atom is -0.369 e. The minimum absolute atomic E-state index is 0.0114. The van der Waals surface area contributed by atoms with Crippen LogP contribution in [0.5, 0.6) is 0 Å². The van der Waals surface area contributed by atoms with Crippen LogP contribution in [0.4, 0.5) is 5.95 Å². The van der Waals surface area contributed by atoms with E-state index in [0.717, 1.165) is 48.5 Å². The number of aromatic nitrogens is 3. The SMILES string of the molecule is CN(C)Cc1nc(C(=O)N2CCC3(CCc4c3nc(N)[nH]c4=O)CC2)cs1. The Balaban J connectivity index is 1.48. The Hall–Kier alpha value is -2.26. The van der Waals surface area contributed by atoms with Crippen molar-refractivity contribution in [2.75, 3.05) is 32.9 Å². The number of carbonyl (C=O) groups excluding carboxylic acids is 1. The predicted octanol–water partition coefficient (Wildman–Crippen LogP) is 0.990. The number of likely N-dealkylation sites (tertiary alicyclic amines) is 1. The largest absolute Gasteiger partial charge is 0.369 e. The normalized spacial score (nSPS) is 18.3. The molecule has 2 aromatic rings. The first-order valence-electron chi connectivity index (χ1n) is 9.15. The fourth-order valence-electron chi connectivity index (χ4n) is 4.21. The van der Waals surface area contributed by atoms with Crippen LogP contribution in [0, 0.1) is 0 Å². The van der Waals surface area contributed by atoms with Crippen LogP contribution in [-0.4, -0.2) is 57.8 Å². The second-order valence-corrected chi connectivity index (χ2v) is 8.66. The Kier molecular flexibility index (Phi) is 4.51. The maximum Gasteiger partial charge on any atom is 0.273 e. The van der Waals surface area contributed by atoms with E-state index < -0.39 is 0 Å². The zero-order valence-electron chi connectivity index (χ0n) is 15.6. The molecule has 1 aliphatic heterocycles. The molecule has 0 aromatic carbocycles. The smallest absolute Gasteiger partial charge is 0.273 e. The van der Waals surface area contributed by atoms with Crippen LogP contribution in [0.25, 0.3) is 0 Å². The van der Waals surface area contributed by atoms with Gasteiger partial charge in [-0.3, -0.25) is 14.6 Å². The number of H-pyrrole nitrogens is 1. The Labute approximate surface area is 161 Å². The van der Waals surface area contributed by atoms with Crippen LogP contribution in [0.2, 0.25) is 0 Å². The van der Waals surface area contributed by atoms with Gasteiger partial charge in [0.2, 0.25) is 5.95 Å². The van der Waals surface area contributed by atoms with Crippen LogP contribution in [0.15, 0.2) is 10.2 Å². The van der Waals surface area contributed by atoms with Gasteiger partial charge in [0.1, 0.15) is 10.7 Å². The molecule has 0 bridgehead atoms. The highest BCUT2D eigenvalue weighted by molar-refractivity contribution is 7.09. The Bertz CT molecular complexity index is 926. The van der Waals surface area contributed by atoms with Gasteiger partial charge in [0.15, 0.2) is 0 Å². The summed E-state index contributed by atoms with van der Waals surface area (Å²) in [7, 11) is 3.97. The summed E-state index contributed by atoms with van der Waals surface area (Å²) >= 11 is 1.52. The van der Waals surface area contributed by atoms with Gasteiger partial charge in [-0.1, -0.05) is 0 Å². The maximum atomic E-state index is 12.8. The lowest BCUT2D eigenvalue weighted by atomic mass is 9.76. The standard InChI is InChI=1S/C18H24N6O2S/c1-23(2)9-13-20-12(10-27-13)16(26)24-7-5-18(6-8-24)4-3-11-14(18)21-17(19)22-15(11)25/h10H,3-9H2,1-2H3,(H3,19,21,22,25). The molecule has 0 unspecified atom stereocenters. The summed E-state index contributed by atoms with van der Waals surface area (Å²) in [6, 6.07) is 0. The Morgan fingerprint density at radius 1 is 1.33 bits per heavy atom. The molecule has 2 aromatic heterocycles. The lowest BCUT2D eigenvalue weighted by Crippen LogP contribution is -2.45. The summed E-state index contributed by atoms with van der Waals surface area (Å²) in [5.41, 5.74) is 7.65. The van der Waals surface area contributed by atoms with E-state index in [1.807, 2.05) is 29.3 Å². The molecule has 0 radical (unpaired) electrons. The second-order valence-electron chi connectivity index (χ2n) is 7.72. The van der Waals surface area contributed by atoms with Gasteiger partial charge in [-0.05, 0) is 39.8 Å². The monoisotopic (exact) mass is 388 g/mol. The third-order valence-corrected chi connectivity index (χ3v) is 6.45. The van der Waals surface area contributed by atoms with E-state index in [4.69, 9.17) is 5.73 Å². The highest BCUT2D eigenvalue weighted by Gasteiger charge is 2.44. The van der Waals surface area contributed by atoms with E-state index in [1.54, 1.807) is 0 Å². The number of carbonyl (C=O) groups is 1. The van der Waals surface area contributed by atoms with Gasteiger partial charge in [0.05, 0.1) is 5.69 Å². The number of nitrogen functional groups attached to an aromatic ring is 1. The molecule has 1 fully saturated rings. The quantitative estimate of drug-likeness (QED) is 0.812. The molecule has 3 N–H and O–H groups in total. The van der Waals surface area contributed by atoms with Gasteiger partial charge in [-0.15, -0.1) is 11.3 Å². The van der Waals surface area contributed by atoms with Crippen molar-refractivity contribution in [3.05, 3.63) is 37.7 Å². The van der Waals surface area contributed by atoms with Gasteiger partial charge in [0.25, 0.3) is 11.5 Å². The highest BCUT2D eigenvalue weighted by atomic mass is 32.1. The summed E-state index contributed by atoms with van der Waals surface area (Å²) in [6.07, 6.45) is 3.23. The number of rotatable bonds is 3. The molecule has 4 rings (SSSR count). The van der Waals surface area contributed by atoms with Crippen LogP contribution in [0.1, 0.15) is 46.0 Å². The lowest BCUT2D eigenvalue weighted by molar-refractivity contribution is 0.0658. The minimum atomic E-state index is -0.132. The molecule has 144 valence electrons. The van der Waals surface area contributed by atoms with E-state index in [0.29, 0.717) is 18.8 Å². The molecule has 9 heteroatoms. The molecular weight excluding hydrogens is 364 g/mol. The Morgan fingerprint density at radius 2 is 2.07 bits per heavy atom. The van der Waals surface area contributed by atoms with Gasteiger partial charge < -0.3 is 15.5 Å². The highest BCUT2D eigenvalue weighted by Crippen LogP contribution is 2.44. The van der Waals surface area contributed by atoms with Crippen molar-refractivity contribution >= 4 is 23.2 Å². The summed E-state index contributed by atoms with van der Waals surface area (Å²) < 4.78 is 0. The first-order valence-corrected chi connectivity index (χ1v) is 10.0. The number of nitrogens with two attached hydrogens (primary N) is 1. The van der Waals surface area contributed by atoms with Crippen molar-refractivity contribution in [1.82, 2.24) is 24.8 Å². The van der Waals surface area contributed by atoms with Crippen molar-refractivity contribution in [1.29, 1.82) is 0 Å². The van der Waals surface area contributed by atoms with Crippen LogP contribution in [0.3, 0.4) is 0 Å². The fourth-order valence-corrected chi connectivity index (χ4v) is 5.09. The van der Waals surface area contributed by atoms with Crippen molar-refractivity contribution in [3.63, 3.8) is 0 Å². The topological polar surface area (TPSA) is 108 Å². The number of thiazole rings is 1. The zero-order chi connectivity index (χ0) is 19.2. The summed E-state index contributed by atoms with van der Waals surface area (Å²) in [4.78, 5) is 40.4. The van der Waals surface area contributed by atoms with E-state index in [-0.39, 0.29) is 22.8 Å². The zero-order valence-corrected chi connectivity index (χ0v) is 16.4. The number of piperidine rings is 1. The van der Waals surface area contributed by atoms with Crippen LogP contribution >= 0.6 is 11.3 Å². The van der Waals surface area contributed by atoms with Crippen molar-refractivity contribution < 1.29 is 4.79 Å². The van der Waals surface area contributed by atoms with E-state index in [2.05, 4.69) is 15.0 Å². The molecule has 1 amide bonds. The number of nitrogens with one attached hydrogen (secondary N) is 1. The maximum absolute atomic E-state index is 12.8. The first-order chi connectivity index (χ1) is 12.9. The summed E-state index contributed by atoms with van der Waals surface area (Å²) in [5, 5.41) is 2.79. The van der Waals surface area contributed by atoms with Gasteiger partial charge in [-0.2, -0.15) is 0 Å². The molecule has 3 heterocycles. The number of fused-ring (bicyclic) bond motifs is 2. The van der Waals surface area contributed by atoms with E-state index >= 15 is 0 Å². The molecular formula is C18H24N6O2S. The van der Waals surface area contributed by atoms with Crippen molar-refractivity contribution in [2.24, 2.45) is 0 Å². The third-order valence-electron chi connectivity index (χ3n) is 5.62. The van der Waals surface area contributed by atoms with Gasteiger partial charge in [0, 0.05) is 36.0 Å². The summed E-state index contributed by atoms with van der Waals surface area (Å²) in [5.74, 6) is 0.164. The second kappa shape index (κ2) is 6.72. The fraction of sp³-hybridized carbons (Fsp3) is 0.556. The number of hydrogen-bond donors (Lipinski definition) is 2. The average Bonchev–Trinajstić information content (AvgIpc) is 3.21. The number of aromatic amines is 1. The first kappa shape index (κ1) is 18.1. The number of anilines is 1. The molecule has 1 saturated heterocycles. The predicted molar refractivity (Wildman–Crippen MR) is 104 cm³/mol.